The third-order valence-electron chi connectivity index (χ3n) is 5.00. The molecule has 1 saturated heterocycles. The summed E-state index contributed by atoms with van der Waals surface area (Å²) < 4.78 is 12.3. The van der Waals surface area contributed by atoms with Crippen LogP contribution in [0.5, 0.6) is 0 Å². The van der Waals surface area contributed by atoms with Crippen molar-refractivity contribution >= 4 is 16.8 Å². The minimum absolute atomic E-state index is 0.0761. The number of ether oxygens (including phenoxy) is 2. The molecule has 25 heavy (non-hydrogen) atoms. The van der Waals surface area contributed by atoms with Crippen LogP contribution < -0.4 is 10.9 Å². The van der Waals surface area contributed by atoms with E-state index in [1.54, 1.807) is 18.7 Å². The summed E-state index contributed by atoms with van der Waals surface area (Å²) in [5.41, 5.74) is 0.790. The van der Waals surface area contributed by atoms with Crippen molar-refractivity contribution in [1.82, 2.24) is 9.88 Å². The molecular weight excluding hydrogens is 320 g/mol. The summed E-state index contributed by atoms with van der Waals surface area (Å²) in [7, 11) is 3.35. The van der Waals surface area contributed by atoms with Crippen LogP contribution in [0.4, 0.5) is 0 Å². The largest absolute Gasteiger partial charge is 0.384 e. The quantitative estimate of drug-likeness (QED) is 0.894. The maximum Gasteiger partial charge on any atom is 0.255 e. The number of methoxy groups -OCH3 is 1. The van der Waals surface area contributed by atoms with Crippen molar-refractivity contribution in [2.45, 2.75) is 19.4 Å². The van der Waals surface area contributed by atoms with Crippen molar-refractivity contribution in [3.63, 3.8) is 0 Å². The van der Waals surface area contributed by atoms with Gasteiger partial charge in [-0.15, -0.1) is 0 Å². The van der Waals surface area contributed by atoms with Crippen molar-refractivity contribution in [1.29, 1.82) is 0 Å². The molecule has 1 N–H and O–H groups in total. The second-order valence-corrected chi connectivity index (χ2v) is 6.60. The van der Waals surface area contributed by atoms with Crippen LogP contribution in [0.1, 0.15) is 18.4 Å². The fraction of sp³-hybridized carbons (Fsp3) is 0.474. The number of aromatic nitrogens is 1. The Hall–Kier alpha value is -2.18. The first-order valence-corrected chi connectivity index (χ1v) is 8.50. The van der Waals surface area contributed by atoms with Gasteiger partial charge in [-0.3, -0.25) is 9.59 Å². The van der Waals surface area contributed by atoms with E-state index in [1.807, 2.05) is 30.3 Å². The number of nitrogens with one attached hydrogen (secondary N) is 1. The van der Waals surface area contributed by atoms with Crippen LogP contribution in [-0.4, -0.2) is 37.4 Å². The lowest BCUT2D eigenvalue weighted by molar-refractivity contribution is -0.141. The predicted octanol–water partition coefficient (Wildman–Crippen LogP) is 1.60. The normalized spacial score (nSPS) is 16.7. The van der Waals surface area contributed by atoms with Crippen LogP contribution in [0, 0.1) is 5.41 Å². The number of carbonyl (C=O) groups excluding carboxylic acids is 1. The standard InChI is InChI=1S/C19H24N2O4/c1-21-16-6-4-3-5-14(16)11-15(17(21)22)12-20-18(23)19(13-24-2)7-9-25-10-8-19/h3-6,11H,7-10,12-13H2,1-2H3,(H,20,23). The van der Waals surface area contributed by atoms with Gasteiger partial charge in [0.05, 0.1) is 17.5 Å². The van der Waals surface area contributed by atoms with Gasteiger partial charge in [-0.2, -0.15) is 0 Å². The Morgan fingerprint density at radius 3 is 2.76 bits per heavy atom. The summed E-state index contributed by atoms with van der Waals surface area (Å²) in [6.07, 6.45) is 1.25. The highest BCUT2D eigenvalue weighted by Crippen LogP contribution is 2.31. The number of pyridine rings is 1. The number of rotatable bonds is 5. The molecule has 0 saturated carbocycles. The van der Waals surface area contributed by atoms with E-state index in [-0.39, 0.29) is 18.0 Å². The second kappa shape index (κ2) is 7.37. The minimum atomic E-state index is -0.574. The van der Waals surface area contributed by atoms with Crippen LogP contribution in [0.2, 0.25) is 0 Å². The van der Waals surface area contributed by atoms with Gasteiger partial charge in [0, 0.05) is 39.5 Å². The smallest absolute Gasteiger partial charge is 0.255 e. The van der Waals surface area contributed by atoms with Gasteiger partial charge in [-0.05, 0) is 30.4 Å². The molecule has 1 aromatic heterocycles. The van der Waals surface area contributed by atoms with Crippen LogP contribution in [-0.2, 0) is 27.9 Å². The lowest BCUT2D eigenvalue weighted by Gasteiger charge is -2.35. The average molecular weight is 344 g/mol. The van der Waals surface area contributed by atoms with E-state index in [0.29, 0.717) is 38.2 Å². The summed E-state index contributed by atoms with van der Waals surface area (Å²) in [4.78, 5) is 25.3. The molecule has 0 bridgehead atoms. The molecule has 2 aromatic rings. The number of hydrogen-bond acceptors (Lipinski definition) is 4. The number of amides is 1. The van der Waals surface area contributed by atoms with Gasteiger partial charge in [-0.1, -0.05) is 18.2 Å². The highest BCUT2D eigenvalue weighted by Gasteiger charge is 2.40. The van der Waals surface area contributed by atoms with Gasteiger partial charge in [0.2, 0.25) is 5.91 Å². The summed E-state index contributed by atoms with van der Waals surface area (Å²) in [6.45, 7) is 1.67. The molecular formula is C19H24N2O4. The summed E-state index contributed by atoms with van der Waals surface area (Å²) >= 11 is 0. The molecule has 134 valence electrons. The number of carbonyl (C=O) groups is 1. The predicted molar refractivity (Wildman–Crippen MR) is 95.4 cm³/mol. The number of nitrogens with zero attached hydrogens (tertiary/aromatic N) is 1. The third-order valence-corrected chi connectivity index (χ3v) is 5.00. The van der Waals surface area contributed by atoms with Gasteiger partial charge < -0.3 is 19.4 Å². The molecule has 0 radical (unpaired) electrons. The number of hydrogen-bond donors (Lipinski definition) is 1. The molecule has 6 nitrogen and oxygen atoms in total. The first kappa shape index (κ1) is 17.6. The Bertz CT molecular complexity index is 816. The highest BCUT2D eigenvalue weighted by molar-refractivity contribution is 5.83. The van der Waals surface area contributed by atoms with Crippen LogP contribution in [0.25, 0.3) is 10.9 Å². The first-order valence-electron chi connectivity index (χ1n) is 8.50. The highest BCUT2D eigenvalue weighted by atomic mass is 16.5. The van der Waals surface area contributed by atoms with Crippen molar-refractivity contribution in [3.8, 4) is 0 Å². The van der Waals surface area contributed by atoms with E-state index in [2.05, 4.69) is 5.32 Å². The molecule has 1 fully saturated rings. The summed E-state index contributed by atoms with van der Waals surface area (Å²) in [5, 5.41) is 3.92. The van der Waals surface area contributed by atoms with E-state index >= 15 is 0 Å². The Morgan fingerprint density at radius 2 is 2.04 bits per heavy atom. The molecule has 0 aliphatic carbocycles. The Labute approximate surface area is 146 Å². The molecule has 0 atom stereocenters. The molecule has 0 unspecified atom stereocenters. The number of fused-ring (bicyclic) bond motifs is 1. The summed E-state index contributed by atoms with van der Waals surface area (Å²) in [6, 6.07) is 9.57. The molecule has 3 rings (SSSR count). The van der Waals surface area contributed by atoms with Gasteiger partial charge in [0.1, 0.15) is 0 Å². The van der Waals surface area contributed by atoms with Crippen molar-refractivity contribution in [2.75, 3.05) is 26.9 Å². The Kier molecular flexibility index (Phi) is 5.20. The van der Waals surface area contributed by atoms with E-state index in [4.69, 9.17) is 9.47 Å². The zero-order valence-corrected chi connectivity index (χ0v) is 14.7. The topological polar surface area (TPSA) is 69.6 Å². The third kappa shape index (κ3) is 3.45. The molecule has 0 spiro atoms. The van der Waals surface area contributed by atoms with Crippen LogP contribution in [0.15, 0.2) is 35.1 Å². The van der Waals surface area contributed by atoms with Gasteiger partial charge in [0.15, 0.2) is 0 Å². The zero-order valence-electron chi connectivity index (χ0n) is 14.7. The Balaban J connectivity index is 1.81. The van der Waals surface area contributed by atoms with E-state index < -0.39 is 5.41 Å². The fourth-order valence-corrected chi connectivity index (χ4v) is 3.45. The van der Waals surface area contributed by atoms with E-state index in [1.165, 1.54) is 0 Å². The molecule has 6 heteroatoms. The maximum atomic E-state index is 12.8. The number of para-hydroxylation sites is 1. The summed E-state index contributed by atoms with van der Waals surface area (Å²) in [5.74, 6) is -0.0761. The van der Waals surface area contributed by atoms with Gasteiger partial charge in [0.25, 0.3) is 5.56 Å². The SMILES string of the molecule is COCC1(C(=O)NCc2cc3ccccc3n(C)c2=O)CCOCC1. The lowest BCUT2D eigenvalue weighted by Crippen LogP contribution is -2.47. The van der Waals surface area contributed by atoms with Crippen LogP contribution >= 0.6 is 0 Å². The van der Waals surface area contributed by atoms with E-state index in [0.717, 1.165) is 10.9 Å². The van der Waals surface area contributed by atoms with Crippen LogP contribution in [0.3, 0.4) is 0 Å². The van der Waals surface area contributed by atoms with E-state index in [9.17, 15) is 9.59 Å². The first-order chi connectivity index (χ1) is 12.1. The van der Waals surface area contributed by atoms with Gasteiger partial charge >= 0.3 is 0 Å². The average Bonchev–Trinajstić information content (AvgIpc) is 2.64. The maximum absolute atomic E-state index is 12.8. The minimum Gasteiger partial charge on any atom is -0.384 e. The molecule has 1 aliphatic rings. The zero-order chi connectivity index (χ0) is 17.9. The molecule has 1 aliphatic heterocycles. The Morgan fingerprint density at radius 1 is 1.32 bits per heavy atom. The van der Waals surface area contributed by atoms with Crippen molar-refractivity contribution in [3.05, 3.63) is 46.2 Å². The second-order valence-electron chi connectivity index (χ2n) is 6.60. The lowest BCUT2D eigenvalue weighted by atomic mass is 9.80. The molecule has 1 aromatic carbocycles. The van der Waals surface area contributed by atoms with Crippen molar-refractivity contribution in [2.24, 2.45) is 12.5 Å². The molecule has 2 heterocycles. The number of aryl methyl sites for hydroxylation is 1. The van der Waals surface area contributed by atoms with Crippen molar-refractivity contribution < 1.29 is 14.3 Å². The monoisotopic (exact) mass is 344 g/mol. The fourth-order valence-electron chi connectivity index (χ4n) is 3.45. The number of benzene rings is 1. The molecule has 1 amide bonds. The van der Waals surface area contributed by atoms with Gasteiger partial charge in [-0.25, -0.2) is 0 Å².